The molecule has 0 heterocycles. The summed E-state index contributed by atoms with van der Waals surface area (Å²) in [5.74, 6) is -1.20. The zero-order chi connectivity index (χ0) is 23.6. The van der Waals surface area contributed by atoms with Crippen molar-refractivity contribution in [1.82, 2.24) is 0 Å². The van der Waals surface area contributed by atoms with E-state index in [0.29, 0.717) is 13.2 Å². The molecule has 172 valence electrons. The van der Waals surface area contributed by atoms with Crippen LogP contribution < -0.4 is 0 Å². The average Bonchev–Trinajstić information content (AvgIpc) is 2.33. The van der Waals surface area contributed by atoms with E-state index < -0.39 is 28.6 Å². The van der Waals surface area contributed by atoms with E-state index in [2.05, 4.69) is 9.47 Å². The third kappa shape index (κ3) is 98.6. The van der Waals surface area contributed by atoms with Crippen molar-refractivity contribution in [1.29, 1.82) is 0 Å². The quantitative estimate of drug-likeness (QED) is 0.332. The Bertz CT molecular complexity index is 404. The van der Waals surface area contributed by atoms with E-state index >= 15 is 0 Å². The van der Waals surface area contributed by atoms with Crippen LogP contribution in [0.25, 0.3) is 0 Å². The molecular formula is C18H40O8Si2Ti. The van der Waals surface area contributed by atoms with E-state index in [-0.39, 0.29) is 46.1 Å². The second kappa shape index (κ2) is 22.0. The minimum Gasteiger partial charge on any atom is -0.466 e. The maximum Gasteiger partial charge on any atom is 0.313 e. The van der Waals surface area contributed by atoms with Gasteiger partial charge in [0.25, 0.3) is 0 Å². The maximum atomic E-state index is 10.4. The number of rotatable bonds is 6. The predicted octanol–water partition coefficient (Wildman–Crippen LogP) is 2.68. The molecule has 0 atom stereocenters. The minimum absolute atomic E-state index is 0. The van der Waals surface area contributed by atoms with E-state index in [0.717, 1.165) is 0 Å². The summed E-state index contributed by atoms with van der Waals surface area (Å²) in [6, 6.07) is 0. The largest absolute Gasteiger partial charge is 0.466 e. The van der Waals surface area contributed by atoms with Gasteiger partial charge in [0.05, 0.1) is 13.2 Å². The number of carbonyl (C=O) groups excluding carboxylic acids is 4. The van der Waals surface area contributed by atoms with E-state index in [1.54, 1.807) is 13.8 Å². The SMILES string of the molecule is CCOC(=O)CC(C)=O.CCOC(=O)CC(C)=O.C[Si](C)(C)O.C[Si](C)(C)O.[Ti]. The van der Waals surface area contributed by atoms with Crippen molar-refractivity contribution >= 4 is 40.1 Å². The molecule has 29 heavy (non-hydrogen) atoms. The van der Waals surface area contributed by atoms with Gasteiger partial charge in [-0.05, 0) is 67.0 Å². The first kappa shape index (κ1) is 38.9. The Kier molecular flexibility index (Phi) is 29.6. The summed E-state index contributed by atoms with van der Waals surface area (Å²) < 4.78 is 8.99. The van der Waals surface area contributed by atoms with Crippen molar-refractivity contribution in [2.45, 2.75) is 79.8 Å². The normalized spacial score (nSPS) is 9.52. The van der Waals surface area contributed by atoms with Gasteiger partial charge in [-0.25, -0.2) is 0 Å². The molecule has 0 aliphatic carbocycles. The Morgan fingerprint density at radius 1 is 0.655 bits per heavy atom. The molecule has 0 amide bonds. The molecule has 0 bridgehead atoms. The van der Waals surface area contributed by atoms with Crippen LogP contribution in [-0.4, -0.2) is 62.9 Å². The summed E-state index contributed by atoms with van der Waals surface area (Å²) in [7, 11) is -3.22. The zero-order valence-electron chi connectivity index (χ0n) is 19.7. The molecule has 0 unspecified atom stereocenters. The van der Waals surface area contributed by atoms with E-state index in [9.17, 15) is 19.2 Å². The monoisotopic (exact) mass is 488 g/mol. The van der Waals surface area contributed by atoms with Gasteiger partial charge in [-0.3, -0.25) is 19.2 Å². The van der Waals surface area contributed by atoms with Gasteiger partial charge in [-0.15, -0.1) is 0 Å². The molecule has 0 fully saturated rings. The van der Waals surface area contributed by atoms with Crippen molar-refractivity contribution < 1.29 is 60.0 Å². The van der Waals surface area contributed by atoms with Crippen LogP contribution in [0.15, 0.2) is 0 Å². The summed E-state index contributed by atoms with van der Waals surface area (Å²) in [5.41, 5.74) is 0. The van der Waals surface area contributed by atoms with Gasteiger partial charge < -0.3 is 19.1 Å². The molecule has 0 saturated carbocycles. The van der Waals surface area contributed by atoms with Gasteiger partial charge in [0.15, 0.2) is 16.6 Å². The summed E-state index contributed by atoms with van der Waals surface area (Å²) in [4.78, 5) is 58.6. The number of esters is 2. The summed E-state index contributed by atoms with van der Waals surface area (Å²) in [5, 5.41) is 0. The number of ether oxygens (including phenoxy) is 2. The number of carbonyl (C=O) groups is 4. The van der Waals surface area contributed by atoms with Crippen LogP contribution in [0.4, 0.5) is 0 Å². The third-order valence-corrected chi connectivity index (χ3v) is 1.40. The maximum absolute atomic E-state index is 10.4. The number of ketones is 2. The molecule has 8 nitrogen and oxygen atoms in total. The molecule has 0 saturated heterocycles. The predicted molar refractivity (Wildman–Crippen MR) is 115 cm³/mol. The standard InChI is InChI=1S/2C6H10O3.2C3H10OSi.Ti/c2*1-3-9-6(8)4-5(2)7;2*1-5(2,3)4;/h2*3-4H2,1-2H3;2*4H,1-3H3;. The molecule has 0 aromatic carbocycles. The van der Waals surface area contributed by atoms with Gasteiger partial charge in [0.2, 0.25) is 0 Å². The van der Waals surface area contributed by atoms with E-state index in [1.807, 2.05) is 39.3 Å². The third-order valence-electron chi connectivity index (χ3n) is 1.40. The van der Waals surface area contributed by atoms with Crippen LogP contribution in [0.3, 0.4) is 0 Å². The van der Waals surface area contributed by atoms with Crippen LogP contribution in [0.1, 0.15) is 40.5 Å². The molecule has 0 radical (unpaired) electrons. The molecule has 0 aromatic heterocycles. The molecule has 0 aromatic rings. The van der Waals surface area contributed by atoms with Gasteiger partial charge >= 0.3 is 11.9 Å². The first-order valence-electron chi connectivity index (χ1n) is 9.08. The fourth-order valence-corrected chi connectivity index (χ4v) is 0.831. The molecule has 0 rings (SSSR count). The zero-order valence-corrected chi connectivity index (χ0v) is 23.2. The van der Waals surface area contributed by atoms with Crippen molar-refractivity contribution in [2.75, 3.05) is 13.2 Å². The van der Waals surface area contributed by atoms with Crippen LogP contribution in [0.2, 0.25) is 39.3 Å². The first-order valence-corrected chi connectivity index (χ1v) is 16.0. The average molecular weight is 489 g/mol. The Labute approximate surface area is 192 Å². The Hall–Kier alpha value is -0.652. The number of hydrogen-bond donors (Lipinski definition) is 2. The molecule has 0 aliphatic heterocycles. The Balaban J connectivity index is -0.0000000907. The first-order chi connectivity index (χ1) is 12.3. The second-order valence-corrected chi connectivity index (χ2v) is 16.4. The van der Waals surface area contributed by atoms with Crippen molar-refractivity contribution in [3.8, 4) is 0 Å². The number of hydrogen-bond acceptors (Lipinski definition) is 8. The Morgan fingerprint density at radius 2 is 0.828 bits per heavy atom. The molecular weight excluding hydrogens is 448 g/mol. The van der Waals surface area contributed by atoms with Crippen LogP contribution in [0, 0.1) is 0 Å². The van der Waals surface area contributed by atoms with Crippen LogP contribution >= 0.6 is 0 Å². The molecule has 2 N–H and O–H groups in total. The van der Waals surface area contributed by atoms with E-state index in [1.165, 1.54) is 13.8 Å². The van der Waals surface area contributed by atoms with Crippen LogP contribution in [0.5, 0.6) is 0 Å². The van der Waals surface area contributed by atoms with Gasteiger partial charge in [0.1, 0.15) is 24.4 Å². The van der Waals surface area contributed by atoms with Crippen molar-refractivity contribution in [3.63, 3.8) is 0 Å². The van der Waals surface area contributed by atoms with Gasteiger partial charge in [-0.2, -0.15) is 0 Å². The topological polar surface area (TPSA) is 127 Å². The number of Topliss-reactive ketones (excluding diaryl/α,β-unsaturated/α-hetero) is 2. The fourth-order valence-electron chi connectivity index (χ4n) is 0.831. The van der Waals surface area contributed by atoms with Crippen molar-refractivity contribution in [2.24, 2.45) is 0 Å². The molecule has 0 spiro atoms. The molecule has 11 heteroatoms. The molecule has 0 aliphatic rings. The Morgan fingerprint density at radius 3 is 0.931 bits per heavy atom. The minimum atomic E-state index is -1.61. The van der Waals surface area contributed by atoms with E-state index in [4.69, 9.17) is 9.59 Å². The fraction of sp³-hybridized carbons (Fsp3) is 0.778. The second-order valence-electron chi connectivity index (χ2n) is 7.71. The van der Waals surface area contributed by atoms with Crippen molar-refractivity contribution in [3.05, 3.63) is 0 Å². The summed E-state index contributed by atoms with van der Waals surface area (Å²) in [6.45, 7) is 18.1. The van der Waals surface area contributed by atoms with Crippen LogP contribution in [-0.2, 0) is 50.4 Å². The smallest absolute Gasteiger partial charge is 0.313 e. The summed E-state index contributed by atoms with van der Waals surface area (Å²) >= 11 is 0. The summed E-state index contributed by atoms with van der Waals surface area (Å²) in [6.07, 6.45) is -0.207. The van der Waals surface area contributed by atoms with Gasteiger partial charge in [-0.1, -0.05) is 0 Å². The van der Waals surface area contributed by atoms with Gasteiger partial charge in [0, 0.05) is 21.7 Å².